The van der Waals surface area contributed by atoms with Crippen LogP contribution in [0.4, 0.5) is 17.6 Å². The van der Waals surface area contributed by atoms with E-state index < -0.39 is 29.0 Å². The molecule has 212 valence electrons. The molecule has 39 heavy (non-hydrogen) atoms. The van der Waals surface area contributed by atoms with E-state index in [4.69, 9.17) is 4.74 Å². The number of nitrogens with zero attached hydrogens (tertiary/aromatic N) is 3. The third kappa shape index (κ3) is 5.77. The molecule has 1 saturated carbocycles. The number of carbonyl (C=O) groups is 1. The maximum atomic E-state index is 14.9. The van der Waals surface area contributed by atoms with E-state index in [1.54, 1.807) is 31.3 Å². The van der Waals surface area contributed by atoms with Gasteiger partial charge in [-0.15, -0.1) is 0 Å². The van der Waals surface area contributed by atoms with Crippen LogP contribution < -0.4 is 4.74 Å². The van der Waals surface area contributed by atoms with Crippen molar-refractivity contribution in [2.45, 2.75) is 63.8 Å². The number of amides is 1. The number of rotatable bonds is 7. The van der Waals surface area contributed by atoms with Crippen molar-refractivity contribution in [1.29, 1.82) is 0 Å². The van der Waals surface area contributed by atoms with Crippen LogP contribution in [0.3, 0.4) is 0 Å². The van der Waals surface area contributed by atoms with Crippen LogP contribution in [0.15, 0.2) is 36.5 Å². The van der Waals surface area contributed by atoms with Crippen LogP contribution in [0.1, 0.15) is 62.2 Å². The fourth-order valence-corrected chi connectivity index (χ4v) is 5.99. The second kappa shape index (κ2) is 10.7. The number of benzene rings is 1. The number of pyridine rings is 1. The highest BCUT2D eigenvalue weighted by Crippen LogP contribution is 2.53. The van der Waals surface area contributed by atoms with Gasteiger partial charge in [0.1, 0.15) is 17.3 Å². The van der Waals surface area contributed by atoms with Gasteiger partial charge in [-0.1, -0.05) is 12.5 Å². The Kier molecular flexibility index (Phi) is 7.63. The molecular weight excluding hydrogens is 514 g/mol. The summed E-state index contributed by atoms with van der Waals surface area (Å²) in [4.78, 5) is 20.4. The molecule has 1 aromatic heterocycles. The molecule has 0 spiro atoms. The van der Waals surface area contributed by atoms with Crippen molar-refractivity contribution in [2.24, 2.45) is 11.3 Å². The van der Waals surface area contributed by atoms with Crippen LogP contribution in [0.5, 0.6) is 5.75 Å². The van der Waals surface area contributed by atoms with Gasteiger partial charge < -0.3 is 19.6 Å². The van der Waals surface area contributed by atoms with Crippen molar-refractivity contribution >= 4 is 5.91 Å². The van der Waals surface area contributed by atoms with Crippen molar-refractivity contribution in [3.05, 3.63) is 47.9 Å². The molecule has 10 heteroatoms. The number of hydrogen-bond donors (Lipinski definition) is 1. The summed E-state index contributed by atoms with van der Waals surface area (Å²) in [5.41, 5.74) is -1.84. The number of piperidine rings is 1. The minimum atomic E-state index is -4.13. The monoisotopic (exact) mass is 549 g/mol. The van der Waals surface area contributed by atoms with Gasteiger partial charge in [-0.2, -0.15) is 13.2 Å². The first-order valence-electron chi connectivity index (χ1n) is 13.7. The van der Waals surface area contributed by atoms with E-state index in [9.17, 15) is 27.5 Å². The highest BCUT2D eigenvalue weighted by molar-refractivity contribution is 5.95. The molecule has 2 aromatic rings. The Hall–Kier alpha value is -2.72. The molecule has 2 aliphatic heterocycles. The summed E-state index contributed by atoms with van der Waals surface area (Å²) in [6, 6.07) is 7.78. The Morgan fingerprint density at radius 3 is 2.38 bits per heavy atom. The maximum absolute atomic E-state index is 14.9. The van der Waals surface area contributed by atoms with Crippen molar-refractivity contribution in [3.63, 3.8) is 0 Å². The van der Waals surface area contributed by atoms with Gasteiger partial charge in [0.15, 0.2) is 0 Å². The first kappa shape index (κ1) is 27.8. The Morgan fingerprint density at radius 1 is 1.10 bits per heavy atom. The zero-order chi connectivity index (χ0) is 27.8. The number of likely N-dealkylation sites (tertiary alicyclic amines) is 2. The molecule has 1 amide bonds. The fraction of sp³-hybridized carbons (Fsp3) is 0.586. The normalized spacial score (nSPS) is 24.0. The molecule has 1 unspecified atom stereocenters. The molecule has 3 heterocycles. The minimum Gasteiger partial charge on any atom is -0.492 e. The number of aliphatic hydroxyl groups is 1. The number of alkyl halides is 3. The van der Waals surface area contributed by atoms with E-state index in [2.05, 4.69) is 4.98 Å². The van der Waals surface area contributed by atoms with Gasteiger partial charge in [-0.25, -0.2) is 4.39 Å². The molecule has 1 N–H and O–H groups in total. The van der Waals surface area contributed by atoms with Gasteiger partial charge in [-0.3, -0.25) is 9.78 Å². The van der Waals surface area contributed by atoms with Crippen molar-refractivity contribution in [3.8, 4) is 17.0 Å². The van der Waals surface area contributed by atoms with Gasteiger partial charge in [-0.05, 0) is 88.7 Å². The van der Waals surface area contributed by atoms with Gasteiger partial charge in [0.2, 0.25) is 0 Å². The molecule has 1 aromatic carbocycles. The zero-order valence-corrected chi connectivity index (χ0v) is 22.1. The first-order chi connectivity index (χ1) is 18.5. The molecule has 0 radical (unpaired) electrons. The third-order valence-electron chi connectivity index (χ3n) is 8.72. The molecule has 3 aliphatic rings. The summed E-state index contributed by atoms with van der Waals surface area (Å²) in [7, 11) is 0. The molecular formula is C29H35F4N3O3. The quantitative estimate of drug-likeness (QED) is 0.452. The molecule has 0 bridgehead atoms. The van der Waals surface area contributed by atoms with Crippen LogP contribution in [0, 0.1) is 17.2 Å². The first-order valence-corrected chi connectivity index (χ1v) is 13.7. The van der Waals surface area contributed by atoms with Gasteiger partial charge in [0.05, 0.1) is 29.5 Å². The number of aromatic nitrogens is 1. The standard InChI is InChI=1S/C29H35F4N3O3/c1-27(38)10-3-13-36(27)26(37)23-6-4-21(16-24(23)30)25-7-5-22(17-34-25)39-18-20-8-14-35(15-9-20)19-28(11-2-12-28)29(31,32)33/h4-7,16-17,20,38H,2-3,8-15,18-19H2,1H3. The van der Waals surface area contributed by atoms with Crippen LogP contribution in [-0.4, -0.2) is 70.5 Å². The number of halogens is 4. The summed E-state index contributed by atoms with van der Waals surface area (Å²) < 4.78 is 61.2. The summed E-state index contributed by atoms with van der Waals surface area (Å²) in [6.07, 6.45) is 1.25. The lowest BCUT2D eigenvalue weighted by Gasteiger charge is -2.47. The van der Waals surface area contributed by atoms with E-state index >= 15 is 0 Å². The topological polar surface area (TPSA) is 65.9 Å². The molecule has 6 nitrogen and oxygen atoms in total. The highest BCUT2D eigenvalue weighted by atomic mass is 19.4. The Labute approximate surface area is 226 Å². The second-order valence-electron chi connectivity index (χ2n) is 11.5. The van der Waals surface area contributed by atoms with Crippen LogP contribution in [-0.2, 0) is 0 Å². The zero-order valence-electron chi connectivity index (χ0n) is 22.1. The predicted molar refractivity (Wildman–Crippen MR) is 138 cm³/mol. The number of carbonyl (C=O) groups excluding carboxylic acids is 1. The van der Waals surface area contributed by atoms with E-state index in [1.165, 1.54) is 17.0 Å². The van der Waals surface area contributed by atoms with E-state index in [0.29, 0.717) is 62.5 Å². The van der Waals surface area contributed by atoms with E-state index in [-0.39, 0.29) is 30.9 Å². The Bertz CT molecular complexity index is 1170. The molecule has 5 rings (SSSR count). The summed E-state index contributed by atoms with van der Waals surface area (Å²) in [5.74, 6) is -0.381. The van der Waals surface area contributed by atoms with Crippen LogP contribution in [0.2, 0.25) is 0 Å². The molecule has 1 atom stereocenters. The lowest BCUT2D eigenvalue weighted by molar-refractivity contribution is -0.256. The van der Waals surface area contributed by atoms with E-state index in [1.807, 2.05) is 4.90 Å². The Balaban J connectivity index is 1.12. The van der Waals surface area contributed by atoms with Crippen molar-refractivity contribution in [1.82, 2.24) is 14.8 Å². The Morgan fingerprint density at radius 2 is 1.85 bits per heavy atom. The minimum absolute atomic E-state index is 0.0896. The lowest BCUT2D eigenvalue weighted by Crippen LogP contribution is -2.53. The van der Waals surface area contributed by atoms with E-state index in [0.717, 1.165) is 12.8 Å². The van der Waals surface area contributed by atoms with Crippen molar-refractivity contribution < 1.29 is 32.2 Å². The number of hydrogen-bond acceptors (Lipinski definition) is 5. The van der Waals surface area contributed by atoms with Gasteiger partial charge in [0, 0.05) is 18.7 Å². The summed E-state index contributed by atoms with van der Waals surface area (Å²) in [6.45, 7) is 3.79. The largest absolute Gasteiger partial charge is 0.492 e. The van der Waals surface area contributed by atoms with Gasteiger partial charge in [0.25, 0.3) is 5.91 Å². The average molecular weight is 550 g/mol. The predicted octanol–water partition coefficient (Wildman–Crippen LogP) is 5.66. The summed E-state index contributed by atoms with van der Waals surface area (Å²) >= 11 is 0. The highest BCUT2D eigenvalue weighted by Gasteiger charge is 2.58. The molecule has 2 saturated heterocycles. The van der Waals surface area contributed by atoms with Gasteiger partial charge >= 0.3 is 6.18 Å². The summed E-state index contributed by atoms with van der Waals surface area (Å²) in [5, 5.41) is 10.4. The molecule has 1 aliphatic carbocycles. The number of ether oxygens (including phenoxy) is 1. The fourth-order valence-electron chi connectivity index (χ4n) is 5.99. The maximum Gasteiger partial charge on any atom is 0.395 e. The SMILES string of the molecule is CC1(O)CCCN1C(=O)c1ccc(-c2ccc(OCC3CCN(CC4(C(F)(F)F)CCC4)CC3)cn2)cc1F. The average Bonchev–Trinajstić information content (AvgIpc) is 3.23. The smallest absolute Gasteiger partial charge is 0.395 e. The third-order valence-corrected chi connectivity index (χ3v) is 8.72. The van der Waals surface area contributed by atoms with Crippen LogP contribution in [0.25, 0.3) is 11.3 Å². The lowest BCUT2D eigenvalue weighted by atomic mass is 9.67. The molecule has 3 fully saturated rings. The van der Waals surface area contributed by atoms with Crippen LogP contribution >= 0.6 is 0 Å². The van der Waals surface area contributed by atoms with Crippen molar-refractivity contribution in [2.75, 3.05) is 32.8 Å². The second-order valence-corrected chi connectivity index (χ2v) is 11.5.